The van der Waals surface area contributed by atoms with Crippen molar-refractivity contribution in [1.29, 1.82) is 0 Å². The number of nitrogens with two attached hydrogens (primary N) is 1. The minimum Gasteiger partial charge on any atom is -0.385 e. The number of amidine groups is 1. The first-order chi connectivity index (χ1) is 13.4. The van der Waals surface area contributed by atoms with E-state index in [1.165, 1.54) is 11.8 Å². The molecule has 0 spiro atoms. The first-order valence-corrected chi connectivity index (χ1v) is 11.9. The molecule has 2 aliphatic heterocycles. The Kier molecular flexibility index (Phi) is 5.77. The van der Waals surface area contributed by atoms with Crippen LogP contribution in [-0.4, -0.2) is 79.0 Å². The zero-order chi connectivity index (χ0) is 21.6. The van der Waals surface area contributed by atoms with Crippen LogP contribution in [0.2, 0.25) is 0 Å². The Morgan fingerprint density at radius 2 is 1.93 bits per heavy atom. The highest BCUT2D eigenvalue weighted by Crippen LogP contribution is 2.32. The van der Waals surface area contributed by atoms with Crippen LogP contribution in [0.5, 0.6) is 0 Å². The zero-order valence-electron chi connectivity index (χ0n) is 15.6. The summed E-state index contributed by atoms with van der Waals surface area (Å²) in [6, 6.07) is -2.54. The number of piperidine rings is 1. The van der Waals surface area contributed by atoms with Crippen LogP contribution in [0.3, 0.4) is 0 Å². The number of amides is 3. The van der Waals surface area contributed by atoms with E-state index < -0.39 is 43.8 Å². The van der Waals surface area contributed by atoms with E-state index in [4.69, 9.17) is 10.3 Å². The van der Waals surface area contributed by atoms with Gasteiger partial charge in [-0.1, -0.05) is 0 Å². The maximum atomic E-state index is 12.6. The first-order valence-electron chi connectivity index (χ1n) is 9.00. The standard InChI is InChI=1S/C14H23N5O8S2/c1-8(20)16-9-2-4-11(6-9)28(22,23)17-13(15)12-5-3-10-7-18(12)14(21)19(10)27-29(24,25)26/h9-12H,2-7H2,1H3,(H2,15,17)(H,16,20)(H,24,25,26). The first kappa shape index (κ1) is 21.7. The molecule has 2 bridgehead atoms. The molecule has 1 saturated carbocycles. The lowest BCUT2D eigenvalue weighted by atomic mass is 10.0. The summed E-state index contributed by atoms with van der Waals surface area (Å²) in [5, 5.41) is 2.45. The van der Waals surface area contributed by atoms with E-state index in [2.05, 4.69) is 14.0 Å². The molecule has 2 heterocycles. The number of urea groups is 1. The average Bonchev–Trinajstić information content (AvgIpc) is 3.13. The van der Waals surface area contributed by atoms with Crippen molar-refractivity contribution < 1.29 is 35.3 Å². The summed E-state index contributed by atoms with van der Waals surface area (Å²) in [7, 11) is -8.84. The number of carbonyl (C=O) groups is 2. The molecule has 0 aromatic heterocycles. The van der Waals surface area contributed by atoms with Gasteiger partial charge in [-0.25, -0.2) is 13.2 Å². The molecule has 1 aliphatic carbocycles. The number of fused-ring (bicyclic) bond motifs is 2. The third-order valence-corrected chi connectivity index (χ3v) is 7.37. The van der Waals surface area contributed by atoms with Gasteiger partial charge in [0.05, 0.1) is 17.3 Å². The average molecular weight is 453 g/mol. The Bertz CT molecular complexity index is 934. The normalized spacial score (nSPS) is 30.7. The maximum Gasteiger partial charge on any atom is 0.418 e. The number of hydroxylamine groups is 2. The molecule has 3 aliphatic rings. The third kappa shape index (κ3) is 4.79. The topological polar surface area (TPSA) is 189 Å². The number of hydrogen-bond donors (Lipinski definition) is 3. The fourth-order valence-corrected chi connectivity index (χ4v) is 5.91. The van der Waals surface area contributed by atoms with Gasteiger partial charge in [0.2, 0.25) is 5.91 Å². The van der Waals surface area contributed by atoms with Gasteiger partial charge in [-0.2, -0.15) is 13.5 Å². The smallest absolute Gasteiger partial charge is 0.385 e. The third-order valence-electron chi connectivity index (χ3n) is 5.28. The van der Waals surface area contributed by atoms with Crippen LogP contribution in [0.4, 0.5) is 4.79 Å². The fraction of sp³-hybridized carbons (Fsp3) is 0.786. The van der Waals surface area contributed by atoms with Crippen LogP contribution in [0, 0.1) is 0 Å². The fourth-order valence-electron chi connectivity index (χ4n) is 4.05. The number of nitrogens with zero attached hydrogens (tertiary/aromatic N) is 3. The van der Waals surface area contributed by atoms with E-state index >= 15 is 0 Å². The lowest BCUT2D eigenvalue weighted by molar-refractivity contribution is -0.119. The molecule has 13 nitrogen and oxygen atoms in total. The molecular formula is C14H23N5O8S2. The van der Waals surface area contributed by atoms with Crippen molar-refractivity contribution in [3.8, 4) is 0 Å². The van der Waals surface area contributed by atoms with Crippen molar-refractivity contribution in [3.63, 3.8) is 0 Å². The van der Waals surface area contributed by atoms with E-state index in [1.54, 1.807) is 0 Å². The minimum absolute atomic E-state index is 0.0589. The molecule has 3 amide bonds. The highest BCUT2D eigenvalue weighted by molar-refractivity contribution is 7.90. The molecule has 164 valence electrons. The summed E-state index contributed by atoms with van der Waals surface area (Å²) >= 11 is 0. The van der Waals surface area contributed by atoms with Gasteiger partial charge in [0.25, 0.3) is 10.0 Å². The predicted octanol–water partition coefficient (Wildman–Crippen LogP) is -1.27. The Morgan fingerprint density at radius 3 is 2.55 bits per heavy atom. The molecule has 4 N–H and O–H groups in total. The predicted molar refractivity (Wildman–Crippen MR) is 99.2 cm³/mol. The summed E-state index contributed by atoms with van der Waals surface area (Å²) in [4.78, 5) is 24.7. The Balaban J connectivity index is 1.72. The minimum atomic E-state index is -4.88. The van der Waals surface area contributed by atoms with Crippen molar-refractivity contribution in [2.45, 2.75) is 62.4 Å². The molecule has 2 saturated heterocycles. The van der Waals surface area contributed by atoms with Gasteiger partial charge in [-0.05, 0) is 32.1 Å². The molecule has 15 heteroatoms. The van der Waals surface area contributed by atoms with E-state index in [0.717, 1.165) is 0 Å². The van der Waals surface area contributed by atoms with Gasteiger partial charge in [0, 0.05) is 19.5 Å². The number of hydrogen-bond acceptors (Lipinski definition) is 7. The summed E-state index contributed by atoms with van der Waals surface area (Å²) in [5.74, 6) is -0.509. The molecule has 0 aromatic carbocycles. The van der Waals surface area contributed by atoms with Crippen LogP contribution in [0.25, 0.3) is 0 Å². The molecule has 4 atom stereocenters. The molecule has 29 heavy (non-hydrogen) atoms. The summed E-state index contributed by atoms with van der Waals surface area (Å²) in [5.41, 5.74) is 5.92. The van der Waals surface area contributed by atoms with Gasteiger partial charge in [0.15, 0.2) is 0 Å². The van der Waals surface area contributed by atoms with Crippen LogP contribution in [-0.2, 0) is 29.5 Å². The highest BCUT2D eigenvalue weighted by Gasteiger charge is 2.48. The Hall–Kier alpha value is -1.97. The van der Waals surface area contributed by atoms with Crippen LogP contribution >= 0.6 is 0 Å². The number of sulfonamides is 1. The summed E-state index contributed by atoms with van der Waals surface area (Å²) in [6.45, 7) is 1.42. The molecular weight excluding hydrogens is 430 g/mol. The van der Waals surface area contributed by atoms with Gasteiger partial charge in [-0.3, -0.25) is 9.35 Å². The van der Waals surface area contributed by atoms with E-state index in [9.17, 15) is 26.4 Å². The van der Waals surface area contributed by atoms with Gasteiger partial charge in [-0.15, -0.1) is 8.68 Å². The number of carbonyl (C=O) groups excluding carboxylic acids is 2. The van der Waals surface area contributed by atoms with Crippen molar-refractivity contribution in [1.82, 2.24) is 15.3 Å². The Morgan fingerprint density at radius 1 is 1.24 bits per heavy atom. The molecule has 3 fully saturated rings. The summed E-state index contributed by atoms with van der Waals surface area (Å²) in [6.07, 6.45) is 1.61. The highest BCUT2D eigenvalue weighted by atomic mass is 32.3. The Labute approximate surface area is 168 Å². The van der Waals surface area contributed by atoms with Crippen LogP contribution < -0.4 is 11.1 Å². The molecule has 0 aromatic rings. The zero-order valence-corrected chi connectivity index (χ0v) is 17.2. The van der Waals surface area contributed by atoms with Gasteiger partial charge < -0.3 is 16.0 Å². The lowest BCUT2D eigenvalue weighted by Crippen LogP contribution is -2.48. The van der Waals surface area contributed by atoms with Crippen molar-refractivity contribution >= 4 is 38.2 Å². The maximum absolute atomic E-state index is 12.6. The van der Waals surface area contributed by atoms with Crippen molar-refractivity contribution in [2.75, 3.05) is 6.54 Å². The van der Waals surface area contributed by atoms with Crippen LogP contribution in [0.15, 0.2) is 4.40 Å². The lowest BCUT2D eigenvalue weighted by Gasteiger charge is -2.29. The SMILES string of the molecule is CC(=O)NC1CCC(S(=O)(=O)N=C(N)C2CCC3CN2C(=O)N3OS(=O)(=O)O)C1. The summed E-state index contributed by atoms with van der Waals surface area (Å²) < 4.78 is 64.0. The van der Waals surface area contributed by atoms with Gasteiger partial charge >= 0.3 is 16.4 Å². The van der Waals surface area contributed by atoms with Crippen molar-refractivity contribution in [3.05, 3.63) is 0 Å². The van der Waals surface area contributed by atoms with Crippen molar-refractivity contribution in [2.24, 2.45) is 10.1 Å². The number of nitrogens with one attached hydrogen (secondary N) is 1. The molecule has 4 unspecified atom stereocenters. The number of rotatable bonds is 6. The van der Waals surface area contributed by atoms with E-state index in [1.807, 2.05) is 0 Å². The molecule has 0 radical (unpaired) electrons. The monoisotopic (exact) mass is 453 g/mol. The quantitative estimate of drug-likeness (QED) is 0.250. The molecule has 3 rings (SSSR count). The second-order valence-electron chi connectivity index (χ2n) is 7.37. The second-order valence-corrected chi connectivity index (χ2v) is 10.3. The van der Waals surface area contributed by atoms with Crippen LogP contribution in [0.1, 0.15) is 39.0 Å². The largest absolute Gasteiger partial charge is 0.418 e. The van der Waals surface area contributed by atoms with E-state index in [-0.39, 0.29) is 43.6 Å². The second kappa shape index (κ2) is 7.70. The van der Waals surface area contributed by atoms with Gasteiger partial charge in [0.1, 0.15) is 5.84 Å². The van der Waals surface area contributed by atoms with E-state index in [0.29, 0.717) is 17.9 Å².